The Labute approximate surface area is 123 Å². The van der Waals surface area contributed by atoms with Gasteiger partial charge >= 0.3 is 0 Å². The summed E-state index contributed by atoms with van der Waals surface area (Å²) in [5.41, 5.74) is 1.48. The largest absolute Gasteiger partial charge is 0.491 e. The van der Waals surface area contributed by atoms with Gasteiger partial charge in [-0.1, -0.05) is 32.4 Å². The van der Waals surface area contributed by atoms with Crippen LogP contribution < -0.4 is 10.1 Å². The lowest BCUT2D eigenvalue weighted by atomic mass is 9.88. The fourth-order valence-electron chi connectivity index (χ4n) is 3.17. The molecule has 1 saturated carbocycles. The normalized spacial score (nSPS) is 22.7. The van der Waals surface area contributed by atoms with Gasteiger partial charge < -0.3 is 10.1 Å². The number of ether oxygens (including phenoxy) is 1. The molecule has 0 radical (unpaired) electrons. The Kier molecular flexibility index (Phi) is 5.47. The van der Waals surface area contributed by atoms with Crippen molar-refractivity contribution in [3.05, 3.63) is 29.8 Å². The van der Waals surface area contributed by atoms with E-state index >= 15 is 0 Å². The molecule has 2 nitrogen and oxygen atoms in total. The van der Waals surface area contributed by atoms with E-state index in [0.717, 1.165) is 18.2 Å². The molecule has 1 aliphatic rings. The second-order valence-electron chi connectivity index (χ2n) is 6.60. The van der Waals surface area contributed by atoms with Gasteiger partial charge in [-0.05, 0) is 62.8 Å². The number of hydrogen-bond donors (Lipinski definition) is 1. The molecule has 1 fully saturated rings. The Morgan fingerprint density at radius 3 is 2.40 bits per heavy atom. The van der Waals surface area contributed by atoms with Crippen LogP contribution in [0, 0.1) is 5.92 Å². The van der Waals surface area contributed by atoms with E-state index in [1.807, 2.05) is 0 Å². The van der Waals surface area contributed by atoms with Gasteiger partial charge in [0.15, 0.2) is 0 Å². The number of benzene rings is 1. The van der Waals surface area contributed by atoms with Crippen molar-refractivity contribution >= 4 is 0 Å². The zero-order chi connectivity index (χ0) is 14.5. The van der Waals surface area contributed by atoms with Gasteiger partial charge in [-0.15, -0.1) is 0 Å². The minimum absolute atomic E-state index is 0.246. The van der Waals surface area contributed by atoms with Gasteiger partial charge in [0, 0.05) is 6.04 Å². The van der Waals surface area contributed by atoms with Crippen molar-refractivity contribution in [3.63, 3.8) is 0 Å². The third-order valence-corrected chi connectivity index (χ3v) is 4.13. The molecule has 1 aliphatic carbocycles. The van der Waals surface area contributed by atoms with Gasteiger partial charge in [-0.25, -0.2) is 0 Å². The van der Waals surface area contributed by atoms with Crippen LogP contribution in [0.3, 0.4) is 0 Å². The molecule has 1 aromatic carbocycles. The van der Waals surface area contributed by atoms with Crippen molar-refractivity contribution in [2.24, 2.45) is 5.92 Å². The zero-order valence-corrected chi connectivity index (χ0v) is 13.4. The van der Waals surface area contributed by atoms with Crippen LogP contribution in [0.15, 0.2) is 24.3 Å². The molecular weight excluding hydrogens is 246 g/mol. The van der Waals surface area contributed by atoms with Crippen molar-refractivity contribution in [2.45, 2.75) is 65.0 Å². The average Bonchev–Trinajstić information content (AvgIpc) is 2.85. The molecule has 0 spiro atoms. The SMILES string of the molecule is CC(C)NCC1CCCC1c1ccc(OC(C)C)cc1. The second-order valence-corrected chi connectivity index (χ2v) is 6.60. The summed E-state index contributed by atoms with van der Waals surface area (Å²) in [4.78, 5) is 0. The maximum atomic E-state index is 5.73. The van der Waals surface area contributed by atoms with Crippen LogP contribution in [-0.4, -0.2) is 18.7 Å². The predicted octanol–water partition coefficient (Wildman–Crippen LogP) is 4.36. The standard InChI is InChI=1S/C18H29NO/c1-13(2)19-12-16-6-5-7-18(16)15-8-10-17(11-9-15)20-14(3)4/h8-11,13-14,16,18-19H,5-7,12H2,1-4H3. The Bertz CT molecular complexity index is 396. The number of nitrogens with one attached hydrogen (secondary N) is 1. The van der Waals surface area contributed by atoms with E-state index < -0.39 is 0 Å². The summed E-state index contributed by atoms with van der Waals surface area (Å²) in [7, 11) is 0. The van der Waals surface area contributed by atoms with E-state index in [1.54, 1.807) is 0 Å². The Morgan fingerprint density at radius 2 is 1.80 bits per heavy atom. The molecule has 2 heteroatoms. The van der Waals surface area contributed by atoms with Crippen LogP contribution in [0.4, 0.5) is 0 Å². The topological polar surface area (TPSA) is 21.3 Å². The van der Waals surface area contributed by atoms with E-state index in [-0.39, 0.29) is 6.10 Å². The molecule has 0 aromatic heterocycles. The lowest BCUT2D eigenvalue weighted by molar-refractivity contribution is 0.242. The van der Waals surface area contributed by atoms with Crippen molar-refractivity contribution in [2.75, 3.05) is 6.54 Å². The molecule has 0 amide bonds. The van der Waals surface area contributed by atoms with E-state index in [0.29, 0.717) is 12.0 Å². The quantitative estimate of drug-likeness (QED) is 0.833. The lowest BCUT2D eigenvalue weighted by Gasteiger charge is -2.22. The van der Waals surface area contributed by atoms with E-state index in [4.69, 9.17) is 4.74 Å². The van der Waals surface area contributed by atoms with Gasteiger partial charge in [-0.3, -0.25) is 0 Å². The van der Waals surface area contributed by atoms with Crippen molar-refractivity contribution in [1.29, 1.82) is 0 Å². The molecule has 0 saturated heterocycles. The third kappa shape index (κ3) is 4.24. The summed E-state index contributed by atoms with van der Waals surface area (Å²) >= 11 is 0. The van der Waals surface area contributed by atoms with Gasteiger partial charge in [0.2, 0.25) is 0 Å². The first-order valence-electron chi connectivity index (χ1n) is 8.06. The van der Waals surface area contributed by atoms with Gasteiger partial charge in [0.25, 0.3) is 0 Å². The predicted molar refractivity (Wildman–Crippen MR) is 85.4 cm³/mol. The summed E-state index contributed by atoms with van der Waals surface area (Å²) in [5.74, 6) is 2.49. The molecule has 1 aromatic rings. The smallest absolute Gasteiger partial charge is 0.119 e. The fraction of sp³-hybridized carbons (Fsp3) is 0.667. The highest BCUT2D eigenvalue weighted by Crippen LogP contribution is 2.39. The molecule has 0 heterocycles. The highest BCUT2D eigenvalue weighted by Gasteiger charge is 2.28. The highest BCUT2D eigenvalue weighted by molar-refractivity contribution is 5.30. The molecule has 20 heavy (non-hydrogen) atoms. The molecule has 1 N–H and O–H groups in total. The van der Waals surface area contributed by atoms with Crippen molar-refractivity contribution in [3.8, 4) is 5.75 Å². The minimum Gasteiger partial charge on any atom is -0.491 e. The van der Waals surface area contributed by atoms with E-state index in [1.165, 1.54) is 24.8 Å². The maximum absolute atomic E-state index is 5.73. The van der Waals surface area contributed by atoms with Crippen molar-refractivity contribution in [1.82, 2.24) is 5.32 Å². The summed E-state index contributed by atoms with van der Waals surface area (Å²) in [6.07, 6.45) is 4.29. The average molecular weight is 275 g/mol. The Balaban J connectivity index is 1.98. The summed E-state index contributed by atoms with van der Waals surface area (Å²) < 4.78 is 5.73. The molecule has 2 rings (SSSR count). The first-order valence-corrected chi connectivity index (χ1v) is 8.06. The van der Waals surface area contributed by atoms with Crippen molar-refractivity contribution < 1.29 is 4.74 Å². The van der Waals surface area contributed by atoms with Gasteiger partial charge in [0.1, 0.15) is 5.75 Å². The van der Waals surface area contributed by atoms with Crippen LogP contribution in [0.2, 0.25) is 0 Å². The number of rotatable bonds is 6. The maximum Gasteiger partial charge on any atom is 0.119 e. The highest BCUT2D eigenvalue weighted by atomic mass is 16.5. The lowest BCUT2D eigenvalue weighted by Crippen LogP contribution is -2.30. The Hall–Kier alpha value is -1.02. The molecule has 2 unspecified atom stereocenters. The first kappa shape index (κ1) is 15.4. The summed E-state index contributed by atoms with van der Waals surface area (Å²) in [6, 6.07) is 9.35. The van der Waals surface area contributed by atoms with Crippen LogP contribution in [0.1, 0.15) is 58.4 Å². The summed E-state index contributed by atoms with van der Waals surface area (Å²) in [5, 5.41) is 3.60. The fourth-order valence-corrected chi connectivity index (χ4v) is 3.17. The van der Waals surface area contributed by atoms with Crippen LogP contribution >= 0.6 is 0 Å². The third-order valence-electron chi connectivity index (χ3n) is 4.13. The van der Waals surface area contributed by atoms with Crippen LogP contribution in [0.5, 0.6) is 5.75 Å². The second kappa shape index (κ2) is 7.12. The molecule has 2 atom stereocenters. The van der Waals surface area contributed by atoms with Crippen LogP contribution in [0.25, 0.3) is 0 Å². The van der Waals surface area contributed by atoms with Crippen LogP contribution in [-0.2, 0) is 0 Å². The van der Waals surface area contributed by atoms with Gasteiger partial charge in [0.05, 0.1) is 6.10 Å². The molecule has 0 bridgehead atoms. The monoisotopic (exact) mass is 275 g/mol. The molecule has 112 valence electrons. The Morgan fingerprint density at radius 1 is 1.10 bits per heavy atom. The van der Waals surface area contributed by atoms with E-state index in [2.05, 4.69) is 57.3 Å². The number of hydrogen-bond acceptors (Lipinski definition) is 2. The van der Waals surface area contributed by atoms with Gasteiger partial charge in [-0.2, -0.15) is 0 Å². The minimum atomic E-state index is 0.246. The summed E-state index contributed by atoms with van der Waals surface area (Å²) in [6.45, 7) is 9.73. The first-order chi connectivity index (χ1) is 9.56. The zero-order valence-electron chi connectivity index (χ0n) is 13.4. The van der Waals surface area contributed by atoms with E-state index in [9.17, 15) is 0 Å². The molecular formula is C18H29NO. The molecule has 0 aliphatic heterocycles.